The number of aliphatic hydroxyl groups excluding tert-OH is 1. The predicted octanol–water partition coefficient (Wildman–Crippen LogP) is 3.26. The highest BCUT2D eigenvalue weighted by atomic mass is 16.6. The molecule has 0 amide bonds. The monoisotopic (exact) mass is 472 g/mol. The van der Waals surface area contributed by atoms with Crippen molar-refractivity contribution in [3.63, 3.8) is 0 Å². The van der Waals surface area contributed by atoms with Gasteiger partial charge in [-0.05, 0) is 45.3 Å². The zero-order valence-electron chi connectivity index (χ0n) is 19.9. The molecule has 8 heteroatoms. The number of hydrogen-bond acceptors (Lipinski definition) is 8. The van der Waals surface area contributed by atoms with Crippen molar-refractivity contribution < 1.29 is 38.7 Å². The van der Waals surface area contributed by atoms with E-state index in [9.17, 15) is 19.8 Å². The highest BCUT2D eigenvalue weighted by Crippen LogP contribution is 2.51. The molecule has 34 heavy (non-hydrogen) atoms. The SMILES string of the molecule is CCOC(=O)C1=CC(=C2CCC(=O)CC2)c2c(cc3c(c2OCCCO)CC(C(C)(C)O)O3)O1. The van der Waals surface area contributed by atoms with Crippen molar-refractivity contribution in [2.75, 3.05) is 19.8 Å². The Balaban J connectivity index is 1.87. The lowest BCUT2D eigenvalue weighted by atomic mass is 9.85. The standard InChI is InChI=1S/C26H32O8/c1-4-31-25(29)21-12-17(15-6-8-16(28)9-7-15)23-20(33-21)14-19-18(24(23)32-11-5-10-27)13-22(34-19)26(2,3)30/h12,14,22,27,30H,4-11,13H2,1-3H3. The Morgan fingerprint density at radius 1 is 1.21 bits per heavy atom. The zero-order chi connectivity index (χ0) is 24.5. The lowest BCUT2D eigenvalue weighted by molar-refractivity contribution is -0.141. The van der Waals surface area contributed by atoms with Gasteiger partial charge in [-0.2, -0.15) is 0 Å². The van der Waals surface area contributed by atoms with Crippen LogP contribution in [0.2, 0.25) is 0 Å². The summed E-state index contributed by atoms with van der Waals surface area (Å²) in [6.45, 7) is 5.59. The Hall–Kier alpha value is -2.84. The van der Waals surface area contributed by atoms with E-state index in [4.69, 9.17) is 18.9 Å². The number of fused-ring (bicyclic) bond motifs is 2. The maximum Gasteiger partial charge on any atom is 0.374 e. The third-order valence-corrected chi connectivity index (χ3v) is 6.34. The summed E-state index contributed by atoms with van der Waals surface area (Å²) in [7, 11) is 0. The van der Waals surface area contributed by atoms with Gasteiger partial charge in [0, 0.05) is 43.9 Å². The first-order valence-corrected chi connectivity index (χ1v) is 11.9. The van der Waals surface area contributed by atoms with Gasteiger partial charge >= 0.3 is 5.97 Å². The van der Waals surface area contributed by atoms with E-state index in [1.165, 1.54) is 0 Å². The Bertz CT molecular complexity index is 1030. The number of aliphatic hydroxyl groups is 2. The molecule has 2 heterocycles. The first-order valence-electron chi connectivity index (χ1n) is 11.9. The fourth-order valence-corrected chi connectivity index (χ4v) is 4.49. The van der Waals surface area contributed by atoms with Crippen LogP contribution in [0.5, 0.6) is 17.2 Å². The molecule has 0 bridgehead atoms. The summed E-state index contributed by atoms with van der Waals surface area (Å²) in [6, 6.07) is 1.73. The van der Waals surface area contributed by atoms with E-state index in [1.807, 2.05) is 0 Å². The van der Waals surface area contributed by atoms with E-state index in [2.05, 4.69) is 0 Å². The second-order valence-electron chi connectivity index (χ2n) is 9.33. The van der Waals surface area contributed by atoms with Gasteiger partial charge in [-0.25, -0.2) is 4.79 Å². The second kappa shape index (κ2) is 9.80. The Morgan fingerprint density at radius 2 is 1.94 bits per heavy atom. The van der Waals surface area contributed by atoms with Crippen LogP contribution in [0, 0.1) is 0 Å². The van der Waals surface area contributed by atoms with Crippen LogP contribution in [0.15, 0.2) is 23.5 Å². The molecule has 2 N–H and O–H groups in total. The summed E-state index contributed by atoms with van der Waals surface area (Å²) in [6.07, 6.45) is 4.18. The quantitative estimate of drug-likeness (QED) is 0.460. The smallest absolute Gasteiger partial charge is 0.374 e. The number of ether oxygens (including phenoxy) is 4. The third kappa shape index (κ3) is 4.83. The summed E-state index contributed by atoms with van der Waals surface area (Å²) in [5.41, 5.74) is 2.28. The van der Waals surface area contributed by atoms with E-state index >= 15 is 0 Å². The summed E-state index contributed by atoms with van der Waals surface area (Å²) >= 11 is 0. The number of carbonyl (C=O) groups is 2. The Labute approximate surface area is 199 Å². The summed E-state index contributed by atoms with van der Waals surface area (Å²) in [4.78, 5) is 24.5. The molecule has 1 fully saturated rings. The van der Waals surface area contributed by atoms with Gasteiger partial charge < -0.3 is 29.2 Å². The Kier molecular flexibility index (Phi) is 7.00. The number of benzene rings is 1. The van der Waals surface area contributed by atoms with Crippen LogP contribution in [-0.2, 0) is 20.7 Å². The average molecular weight is 473 g/mol. The van der Waals surface area contributed by atoms with Crippen molar-refractivity contribution >= 4 is 17.3 Å². The van der Waals surface area contributed by atoms with Gasteiger partial charge in [0.1, 0.15) is 29.1 Å². The molecule has 1 unspecified atom stereocenters. The fraction of sp³-hybridized carbons (Fsp3) is 0.538. The fourth-order valence-electron chi connectivity index (χ4n) is 4.49. The van der Waals surface area contributed by atoms with E-state index in [-0.39, 0.29) is 31.4 Å². The molecule has 0 aromatic heterocycles. The molecule has 4 rings (SSSR count). The van der Waals surface area contributed by atoms with E-state index < -0.39 is 17.7 Å². The number of Topliss-reactive ketones (excluding diaryl/α,β-unsaturated/α-hetero) is 1. The molecule has 2 aliphatic heterocycles. The molecular weight excluding hydrogens is 440 g/mol. The molecule has 1 aromatic carbocycles. The van der Waals surface area contributed by atoms with Gasteiger partial charge in [-0.1, -0.05) is 5.57 Å². The van der Waals surface area contributed by atoms with Gasteiger partial charge in [-0.15, -0.1) is 0 Å². The van der Waals surface area contributed by atoms with Crippen molar-refractivity contribution in [2.45, 2.75) is 71.0 Å². The largest absolute Gasteiger partial charge is 0.492 e. The highest BCUT2D eigenvalue weighted by molar-refractivity contribution is 5.97. The normalized spacial score (nSPS) is 19.6. The van der Waals surface area contributed by atoms with Crippen LogP contribution in [0.25, 0.3) is 5.57 Å². The van der Waals surface area contributed by atoms with E-state index in [0.29, 0.717) is 61.3 Å². The van der Waals surface area contributed by atoms with E-state index in [0.717, 1.165) is 16.7 Å². The minimum absolute atomic E-state index is 0.0144. The van der Waals surface area contributed by atoms with Crippen LogP contribution in [0.1, 0.15) is 64.0 Å². The number of ketones is 1. The molecule has 1 atom stereocenters. The number of hydrogen-bond donors (Lipinski definition) is 2. The lowest BCUT2D eigenvalue weighted by Gasteiger charge is -2.27. The Morgan fingerprint density at radius 3 is 2.59 bits per heavy atom. The van der Waals surface area contributed by atoms with Crippen molar-refractivity contribution in [2.24, 2.45) is 0 Å². The molecule has 0 spiro atoms. The molecule has 1 aromatic rings. The second-order valence-corrected chi connectivity index (χ2v) is 9.33. The van der Waals surface area contributed by atoms with Crippen molar-refractivity contribution in [3.8, 4) is 17.2 Å². The number of esters is 1. The van der Waals surface area contributed by atoms with Crippen LogP contribution >= 0.6 is 0 Å². The summed E-state index contributed by atoms with van der Waals surface area (Å²) < 4.78 is 23.4. The summed E-state index contributed by atoms with van der Waals surface area (Å²) in [5.74, 6) is 1.20. The van der Waals surface area contributed by atoms with Crippen LogP contribution < -0.4 is 14.2 Å². The average Bonchev–Trinajstić information content (AvgIpc) is 3.23. The number of rotatable bonds is 7. The highest BCUT2D eigenvalue weighted by Gasteiger charge is 2.40. The molecule has 0 saturated heterocycles. The molecule has 1 saturated carbocycles. The van der Waals surface area contributed by atoms with Gasteiger partial charge in [0.05, 0.1) is 24.4 Å². The first kappa shape index (κ1) is 24.3. The predicted molar refractivity (Wildman–Crippen MR) is 124 cm³/mol. The van der Waals surface area contributed by atoms with Gasteiger partial charge in [0.15, 0.2) is 0 Å². The topological polar surface area (TPSA) is 112 Å². The maximum absolute atomic E-state index is 12.6. The van der Waals surface area contributed by atoms with Crippen LogP contribution in [0.4, 0.5) is 0 Å². The molecule has 8 nitrogen and oxygen atoms in total. The molecule has 1 aliphatic carbocycles. The number of carbonyl (C=O) groups excluding carboxylic acids is 2. The van der Waals surface area contributed by atoms with Crippen LogP contribution in [-0.4, -0.2) is 53.5 Å². The molecule has 3 aliphatic rings. The maximum atomic E-state index is 12.6. The van der Waals surface area contributed by atoms with Gasteiger partial charge in [-0.3, -0.25) is 4.79 Å². The molecule has 0 radical (unpaired) electrons. The first-order chi connectivity index (χ1) is 16.2. The molecular formula is C26H32O8. The van der Waals surface area contributed by atoms with Crippen molar-refractivity contribution in [1.29, 1.82) is 0 Å². The number of allylic oxidation sites excluding steroid dienone is 3. The van der Waals surface area contributed by atoms with Gasteiger partial charge in [0.2, 0.25) is 5.76 Å². The van der Waals surface area contributed by atoms with Crippen molar-refractivity contribution in [3.05, 3.63) is 34.6 Å². The van der Waals surface area contributed by atoms with E-state index in [1.54, 1.807) is 32.9 Å². The minimum Gasteiger partial charge on any atom is -0.492 e. The lowest BCUT2D eigenvalue weighted by Crippen LogP contribution is -2.39. The third-order valence-electron chi connectivity index (χ3n) is 6.34. The van der Waals surface area contributed by atoms with Crippen molar-refractivity contribution in [1.82, 2.24) is 0 Å². The van der Waals surface area contributed by atoms with Crippen LogP contribution in [0.3, 0.4) is 0 Å². The zero-order valence-corrected chi connectivity index (χ0v) is 19.9. The summed E-state index contributed by atoms with van der Waals surface area (Å²) in [5, 5.41) is 19.9. The molecule has 184 valence electrons. The minimum atomic E-state index is -1.08. The van der Waals surface area contributed by atoms with Gasteiger partial charge in [0.25, 0.3) is 0 Å².